The Morgan fingerprint density at radius 2 is 2.00 bits per heavy atom. The fraction of sp³-hybridized carbons (Fsp3) is 0.647. The van der Waals surface area contributed by atoms with Crippen molar-refractivity contribution in [2.24, 2.45) is 0 Å². The SMILES string of the molecule is CCC1CNC(c2ccccc2)CN1CCCN(C)C. The average molecular weight is 275 g/mol. The van der Waals surface area contributed by atoms with E-state index in [9.17, 15) is 0 Å². The monoisotopic (exact) mass is 275 g/mol. The molecule has 2 unspecified atom stereocenters. The lowest BCUT2D eigenvalue weighted by molar-refractivity contribution is 0.122. The van der Waals surface area contributed by atoms with Crippen LogP contribution in [0.2, 0.25) is 0 Å². The Labute approximate surface area is 124 Å². The van der Waals surface area contributed by atoms with Gasteiger partial charge in [0.15, 0.2) is 0 Å². The van der Waals surface area contributed by atoms with E-state index in [0.29, 0.717) is 12.1 Å². The molecule has 1 N–H and O–H groups in total. The van der Waals surface area contributed by atoms with Crippen molar-refractivity contribution in [1.29, 1.82) is 0 Å². The number of hydrogen-bond donors (Lipinski definition) is 1. The van der Waals surface area contributed by atoms with Crippen LogP contribution in [-0.4, -0.2) is 56.1 Å². The summed E-state index contributed by atoms with van der Waals surface area (Å²) in [6.45, 7) is 6.93. The minimum absolute atomic E-state index is 0.485. The van der Waals surface area contributed by atoms with Gasteiger partial charge in [-0.25, -0.2) is 0 Å². The molecule has 1 aromatic rings. The predicted molar refractivity (Wildman–Crippen MR) is 86.0 cm³/mol. The molecule has 0 aliphatic carbocycles. The Balaban J connectivity index is 1.93. The van der Waals surface area contributed by atoms with Gasteiger partial charge in [-0.15, -0.1) is 0 Å². The number of rotatable bonds is 6. The van der Waals surface area contributed by atoms with E-state index in [2.05, 4.69) is 66.5 Å². The molecule has 2 atom stereocenters. The molecule has 1 aliphatic rings. The van der Waals surface area contributed by atoms with Crippen molar-refractivity contribution in [2.45, 2.75) is 31.8 Å². The van der Waals surface area contributed by atoms with Gasteiger partial charge in [0.25, 0.3) is 0 Å². The zero-order chi connectivity index (χ0) is 14.4. The Morgan fingerprint density at radius 3 is 2.65 bits per heavy atom. The lowest BCUT2D eigenvalue weighted by atomic mass is 10.0. The second-order valence-corrected chi connectivity index (χ2v) is 6.09. The second-order valence-electron chi connectivity index (χ2n) is 6.09. The topological polar surface area (TPSA) is 18.5 Å². The zero-order valence-electron chi connectivity index (χ0n) is 13.2. The molecule has 2 rings (SSSR count). The molecule has 1 aliphatic heterocycles. The molecule has 0 amide bonds. The quantitative estimate of drug-likeness (QED) is 0.860. The largest absolute Gasteiger partial charge is 0.309 e. The van der Waals surface area contributed by atoms with E-state index in [0.717, 1.165) is 13.1 Å². The summed E-state index contributed by atoms with van der Waals surface area (Å²) in [7, 11) is 4.31. The van der Waals surface area contributed by atoms with Crippen LogP contribution in [0.15, 0.2) is 30.3 Å². The maximum Gasteiger partial charge on any atom is 0.0449 e. The van der Waals surface area contributed by atoms with Crippen molar-refractivity contribution in [2.75, 3.05) is 40.3 Å². The van der Waals surface area contributed by atoms with Crippen molar-refractivity contribution in [3.8, 4) is 0 Å². The minimum Gasteiger partial charge on any atom is -0.309 e. The van der Waals surface area contributed by atoms with Gasteiger partial charge in [0.2, 0.25) is 0 Å². The fourth-order valence-corrected chi connectivity index (χ4v) is 3.03. The van der Waals surface area contributed by atoms with Gasteiger partial charge in [0.1, 0.15) is 0 Å². The third kappa shape index (κ3) is 4.30. The molecular weight excluding hydrogens is 246 g/mol. The van der Waals surface area contributed by atoms with E-state index in [-0.39, 0.29) is 0 Å². The van der Waals surface area contributed by atoms with Gasteiger partial charge in [0, 0.05) is 25.2 Å². The van der Waals surface area contributed by atoms with Crippen LogP contribution in [0.4, 0.5) is 0 Å². The molecular formula is C17H29N3. The minimum atomic E-state index is 0.485. The van der Waals surface area contributed by atoms with E-state index in [1.165, 1.54) is 31.5 Å². The lowest BCUT2D eigenvalue weighted by Gasteiger charge is -2.40. The van der Waals surface area contributed by atoms with Gasteiger partial charge in [-0.3, -0.25) is 4.90 Å². The molecule has 1 saturated heterocycles. The highest BCUT2D eigenvalue weighted by Gasteiger charge is 2.26. The van der Waals surface area contributed by atoms with Crippen LogP contribution in [0.5, 0.6) is 0 Å². The highest BCUT2D eigenvalue weighted by Crippen LogP contribution is 2.21. The highest BCUT2D eigenvalue weighted by molar-refractivity contribution is 5.20. The van der Waals surface area contributed by atoms with Crippen molar-refractivity contribution >= 4 is 0 Å². The molecule has 0 spiro atoms. The maximum absolute atomic E-state index is 3.71. The molecule has 1 fully saturated rings. The second kappa shape index (κ2) is 7.77. The molecule has 1 aromatic carbocycles. The summed E-state index contributed by atoms with van der Waals surface area (Å²) in [5.74, 6) is 0. The first kappa shape index (κ1) is 15.5. The van der Waals surface area contributed by atoms with Gasteiger partial charge in [-0.05, 0) is 45.6 Å². The van der Waals surface area contributed by atoms with E-state index in [4.69, 9.17) is 0 Å². The third-order valence-electron chi connectivity index (χ3n) is 4.26. The molecule has 0 bridgehead atoms. The van der Waals surface area contributed by atoms with E-state index < -0.39 is 0 Å². The van der Waals surface area contributed by atoms with Crippen LogP contribution >= 0.6 is 0 Å². The Morgan fingerprint density at radius 1 is 1.25 bits per heavy atom. The van der Waals surface area contributed by atoms with Crippen LogP contribution in [0.1, 0.15) is 31.4 Å². The molecule has 3 nitrogen and oxygen atoms in total. The van der Waals surface area contributed by atoms with Gasteiger partial charge in [-0.1, -0.05) is 37.3 Å². The first-order valence-electron chi connectivity index (χ1n) is 7.87. The molecule has 0 radical (unpaired) electrons. The summed E-state index contributed by atoms with van der Waals surface area (Å²) in [5.41, 5.74) is 1.42. The van der Waals surface area contributed by atoms with E-state index in [1.54, 1.807) is 0 Å². The van der Waals surface area contributed by atoms with Gasteiger partial charge >= 0.3 is 0 Å². The van der Waals surface area contributed by atoms with Crippen molar-refractivity contribution in [3.63, 3.8) is 0 Å². The number of benzene rings is 1. The number of nitrogens with one attached hydrogen (secondary N) is 1. The molecule has 112 valence electrons. The summed E-state index contributed by atoms with van der Waals surface area (Å²) in [6.07, 6.45) is 2.49. The van der Waals surface area contributed by atoms with Crippen LogP contribution in [0.25, 0.3) is 0 Å². The number of hydrogen-bond acceptors (Lipinski definition) is 3. The van der Waals surface area contributed by atoms with Crippen molar-refractivity contribution in [3.05, 3.63) is 35.9 Å². The summed E-state index contributed by atoms with van der Waals surface area (Å²) in [6, 6.07) is 12.0. The van der Waals surface area contributed by atoms with E-state index in [1.807, 2.05) is 0 Å². The standard InChI is InChI=1S/C17H29N3/c1-4-16-13-18-17(15-9-6-5-7-10-15)14-20(16)12-8-11-19(2)3/h5-7,9-10,16-18H,4,8,11-14H2,1-3H3. The predicted octanol–water partition coefficient (Wildman–Crippen LogP) is 2.36. The average Bonchev–Trinajstić information content (AvgIpc) is 2.47. The van der Waals surface area contributed by atoms with E-state index >= 15 is 0 Å². The normalized spacial score (nSPS) is 24.2. The van der Waals surface area contributed by atoms with Gasteiger partial charge in [-0.2, -0.15) is 0 Å². The first-order chi connectivity index (χ1) is 9.70. The van der Waals surface area contributed by atoms with Gasteiger partial charge < -0.3 is 10.2 Å². The smallest absolute Gasteiger partial charge is 0.0449 e. The van der Waals surface area contributed by atoms with Crippen molar-refractivity contribution < 1.29 is 0 Å². The fourth-order valence-electron chi connectivity index (χ4n) is 3.03. The Hall–Kier alpha value is -0.900. The zero-order valence-corrected chi connectivity index (χ0v) is 13.2. The summed E-state index contributed by atoms with van der Waals surface area (Å²) in [5, 5.41) is 3.71. The Bertz CT molecular complexity index is 377. The summed E-state index contributed by atoms with van der Waals surface area (Å²) in [4.78, 5) is 4.95. The van der Waals surface area contributed by atoms with Crippen LogP contribution < -0.4 is 5.32 Å². The van der Waals surface area contributed by atoms with Crippen molar-refractivity contribution in [1.82, 2.24) is 15.1 Å². The van der Waals surface area contributed by atoms with Crippen LogP contribution in [-0.2, 0) is 0 Å². The lowest BCUT2D eigenvalue weighted by Crippen LogP contribution is -2.52. The first-order valence-corrected chi connectivity index (χ1v) is 7.87. The Kier molecular flexibility index (Phi) is 6.02. The molecule has 0 saturated carbocycles. The van der Waals surface area contributed by atoms with Crippen LogP contribution in [0.3, 0.4) is 0 Å². The maximum atomic E-state index is 3.71. The highest BCUT2D eigenvalue weighted by atomic mass is 15.2. The summed E-state index contributed by atoms with van der Waals surface area (Å²) < 4.78 is 0. The molecule has 0 aromatic heterocycles. The molecule has 3 heteroatoms. The number of nitrogens with zero attached hydrogens (tertiary/aromatic N) is 2. The van der Waals surface area contributed by atoms with Crippen LogP contribution in [0, 0.1) is 0 Å². The third-order valence-corrected chi connectivity index (χ3v) is 4.26. The number of piperazine rings is 1. The van der Waals surface area contributed by atoms with Gasteiger partial charge in [0.05, 0.1) is 0 Å². The summed E-state index contributed by atoms with van der Waals surface area (Å²) >= 11 is 0. The molecule has 1 heterocycles. The molecule has 20 heavy (non-hydrogen) atoms.